The van der Waals surface area contributed by atoms with Crippen molar-refractivity contribution in [2.24, 2.45) is 11.8 Å². The van der Waals surface area contributed by atoms with Gasteiger partial charge in [0.2, 0.25) is 0 Å². The lowest BCUT2D eigenvalue weighted by molar-refractivity contribution is 0.0390. The first kappa shape index (κ1) is 14.1. The number of hydrogen-bond acceptors (Lipinski definition) is 5. The molecule has 0 radical (unpaired) electrons. The molecule has 0 bridgehead atoms. The summed E-state index contributed by atoms with van der Waals surface area (Å²) in [5, 5.41) is 0. The van der Waals surface area contributed by atoms with Crippen molar-refractivity contribution in [3.63, 3.8) is 0 Å². The van der Waals surface area contributed by atoms with E-state index in [1.165, 1.54) is 0 Å². The van der Waals surface area contributed by atoms with Gasteiger partial charge in [0.1, 0.15) is 0 Å². The zero-order valence-corrected chi connectivity index (χ0v) is 11.5. The predicted molar refractivity (Wildman–Crippen MR) is 73.2 cm³/mol. The smallest absolute Gasteiger partial charge is 0.161 e. The maximum absolute atomic E-state index is 5.72. The molecule has 2 atom stereocenters. The highest BCUT2D eigenvalue weighted by molar-refractivity contribution is 5.43. The number of ether oxygens (including phenoxy) is 3. The largest absolute Gasteiger partial charge is 0.493 e. The van der Waals surface area contributed by atoms with Crippen LogP contribution >= 0.6 is 0 Å². The minimum absolute atomic E-state index is 0.0695. The quantitative estimate of drug-likeness (QED) is 0.626. The van der Waals surface area contributed by atoms with Crippen LogP contribution in [0.2, 0.25) is 0 Å². The second-order valence-electron chi connectivity index (χ2n) is 4.74. The van der Waals surface area contributed by atoms with Crippen molar-refractivity contribution in [2.45, 2.75) is 18.9 Å². The summed E-state index contributed by atoms with van der Waals surface area (Å²) in [5.41, 5.74) is 3.99. The molecule has 3 N–H and O–H groups in total. The Morgan fingerprint density at radius 2 is 2.11 bits per heavy atom. The molecular weight excluding hydrogens is 244 g/mol. The topological polar surface area (TPSA) is 65.7 Å². The van der Waals surface area contributed by atoms with E-state index in [4.69, 9.17) is 20.1 Å². The van der Waals surface area contributed by atoms with Crippen LogP contribution in [0.1, 0.15) is 24.4 Å². The molecule has 1 aromatic carbocycles. The van der Waals surface area contributed by atoms with E-state index in [9.17, 15) is 0 Å². The fourth-order valence-corrected chi connectivity index (χ4v) is 2.58. The van der Waals surface area contributed by atoms with Crippen molar-refractivity contribution >= 4 is 0 Å². The van der Waals surface area contributed by atoms with Crippen LogP contribution in [0, 0.1) is 5.92 Å². The van der Waals surface area contributed by atoms with Crippen molar-refractivity contribution in [1.82, 2.24) is 5.43 Å². The fraction of sp³-hybridized carbons (Fsp3) is 0.571. The Kier molecular flexibility index (Phi) is 5.01. The van der Waals surface area contributed by atoms with Gasteiger partial charge in [-0.15, -0.1) is 0 Å². The van der Waals surface area contributed by atoms with Crippen LogP contribution in [0.4, 0.5) is 0 Å². The average Bonchev–Trinajstić information content (AvgIpc) is 2.49. The van der Waals surface area contributed by atoms with Crippen molar-refractivity contribution in [3.05, 3.63) is 23.8 Å². The number of rotatable bonds is 5. The molecule has 5 heteroatoms. The highest BCUT2D eigenvalue weighted by atomic mass is 16.5. The zero-order valence-electron chi connectivity index (χ0n) is 11.5. The Balaban J connectivity index is 2.22. The Morgan fingerprint density at radius 1 is 1.32 bits per heavy atom. The van der Waals surface area contributed by atoms with E-state index >= 15 is 0 Å². The minimum atomic E-state index is 0.0695. The molecule has 1 aromatic rings. The van der Waals surface area contributed by atoms with Gasteiger partial charge in [-0.2, -0.15) is 0 Å². The lowest BCUT2D eigenvalue weighted by Gasteiger charge is -2.30. The summed E-state index contributed by atoms with van der Waals surface area (Å²) in [6, 6.07) is 5.96. The van der Waals surface area contributed by atoms with Gasteiger partial charge in [-0.3, -0.25) is 11.3 Å². The summed E-state index contributed by atoms with van der Waals surface area (Å²) in [4.78, 5) is 0. The van der Waals surface area contributed by atoms with Crippen LogP contribution < -0.4 is 20.7 Å². The molecule has 5 nitrogen and oxygen atoms in total. The van der Waals surface area contributed by atoms with Crippen LogP contribution in [0.5, 0.6) is 11.5 Å². The monoisotopic (exact) mass is 266 g/mol. The Labute approximate surface area is 114 Å². The third kappa shape index (κ3) is 3.18. The maximum Gasteiger partial charge on any atom is 0.161 e. The molecule has 0 aliphatic carbocycles. The molecule has 2 rings (SSSR count). The van der Waals surface area contributed by atoms with Crippen LogP contribution in [0.25, 0.3) is 0 Å². The number of nitrogens with two attached hydrogens (primary N) is 1. The number of hydrogen-bond donors (Lipinski definition) is 2. The van der Waals surface area contributed by atoms with Gasteiger partial charge in [-0.05, 0) is 30.5 Å². The second-order valence-corrected chi connectivity index (χ2v) is 4.74. The Bertz CT molecular complexity index is 406. The van der Waals surface area contributed by atoms with Gasteiger partial charge in [0.15, 0.2) is 11.5 Å². The lowest BCUT2D eigenvalue weighted by atomic mass is 9.89. The average molecular weight is 266 g/mol. The molecule has 1 aliphatic rings. The SMILES string of the molecule is COc1ccc(C(NN)C2CCCOC2)cc1OC. The number of hydrazine groups is 1. The van der Waals surface area contributed by atoms with Crippen LogP contribution in [0.15, 0.2) is 18.2 Å². The van der Waals surface area contributed by atoms with Gasteiger partial charge in [0, 0.05) is 12.5 Å². The summed E-state index contributed by atoms with van der Waals surface area (Å²) in [6.45, 7) is 1.59. The molecule has 0 spiro atoms. The summed E-state index contributed by atoms with van der Waals surface area (Å²) >= 11 is 0. The third-order valence-electron chi connectivity index (χ3n) is 3.61. The van der Waals surface area contributed by atoms with E-state index in [1.54, 1.807) is 14.2 Å². The zero-order chi connectivity index (χ0) is 13.7. The normalized spacial score (nSPS) is 20.9. The predicted octanol–water partition coefficient (Wildman–Crippen LogP) is 1.63. The van der Waals surface area contributed by atoms with Gasteiger partial charge in [0.25, 0.3) is 0 Å². The standard InChI is InChI=1S/C14H22N2O3/c1-17-12-6-5-10(8-13(12)18-2)14(16-15)11-4-3-7-19-9-11/h5-6,8,11,14,16H,3-4,7,9,15H2,1-2H3. The first-order valence-electron chi connectivity index (χ1n) is 6.56. The van der Waals surface area contributed by atoms with Gasteiger partial charge in [0.05, 0.1) is 26.9 Å². The molecule has 0 aromatic heterocycles. The molecule has 1 heterocycles. The van der Waals surface area contributed by atoms with E-state index in [0.717, 1.165) is 43.1 Å². The lowest BCUT2D eigenvalue weighted by Crippen LogP contribution is -2.37. The fourth-order valence-electron chi connectivity index (χ4n) is 2.58. The summed E-state index contributed by atoms with van der Waals surface area (Å²) in [7, 11) is 3.27. The first-order valence-corrected chi connectivity index (χ1v) is 6.56. The van der Waals surface area contributed by atoms with Gasteiger partial charge >= 0.3 is 0 Å². The molecule has 19 heavy (non-hydrogen) atoms. The maximum atomic E-state index is 5.72. The van der Waals surface area contributed by atoms with Gasteiger partial charge in [-0.25, -0.2) is 0 Å². The van der Waals surface area contributed by atoms with E-state index in [1.807, 2.05) is 18.2 Å². The number of benzene rings is 1. The molecule has 1 aliphatic heterocycles. The third-order valence-corrected chi connectivity index (χ3v) is 3.61. The molecule has 2 unspecified atom stereocenters. The van der Waals surface area contributed by atoms with Crippen molar-refractivity contribution in [3.8, 4) is 11.5 Å². The van der Waals surface area contributed by atoms with E-state index in [2.05, 4.69) is 5.43 Å². The van der Waals surface area contributed by atoms with Crippen LogP contribution in [-0.4, -0.2) is 27.4 Å². The van der Waals surface area contributed by atoms with Crippen LogP contribution in [-0.2, 0) is 4.74 Å². The van der Waals surface area contributed by atoms with Crippen LogP contribution in [0.3, 0.4) is 0 Å². The number of methoxy groups -OCH3 is 2. The second kappa shape index (κ2) is 6.75. The summed E-state index contributed by atoms with van der Waals surface area (Å²) < 4.78 is 16.1. The Morgan fingerprint density at radius 3 is 2.68 bits per heavy atom. The molecular formula is C14H22N2O3. The molecule has 0 saturated carbocycles. The van der Waals surface area contributed by atoms with E-state index in [0.29, 0.717) is 5.92 Å². The molecule has 106 valence electrons. The van der Waals surface area contributed by atoms with Crippen molar-refractivity contribution in [1.29, 1.82) is 0 Å². The molecule has 1 saturated heterocycles. The molecule has 0 amide bonds. The minimum Gasteiger partial charge on any atom is -0.493 e. The van der Waals surface area contributed by atoms with Crippen molar-refractivity contribution < 1.29 is 14.2 Å². The number of nitrogens with one attached hydrogen (secondary N) is 1. The first-order chi connectivity index (χ1) is 9.30. The summed E-state index contributed by atoms with van der Waals surface area (Å²) in [5.74, 6) is 7.55. The Hall–Kier alpha value is -1.30. The van der Waals surface area contributed by atoms with Gasteiger partial charge in [-0.1, -0.05) is 6.07 Å². The highest BCUT2D eigenvalue weighted by Gasteiger charge is 2.25. The van der Waals surface area contributed by atoms with E-state index < -0.39 is 0 Å². The van der Waals surface area contributed by atoms with E-state index in [-0.39, 0.29) is 6.04 Å². The highest BCUT2D eigenvalue weighted by Crippen LogP contribution is 2.34. The molecule has 1 fully saturated rings. The van der Waals surface area contributed by atoms with Gasteiger partial charge < -0.3 is 14.2 Å². The summed E-state index contributed by atoms with van der Waals surface area (Å²) in [6.07, 6.45) is 2.19. The van der Waals surface area contributed by atoms with Crippen molar-refractivity contribution in [2.75, 3.05) is 27.4 Å².